The third kappa shape index (κ3) is 5.78. The van der Waals surface area contributed by atoms with Crippen molar-refractivity contribution in [2.75, 3.05) is 39.0 Å². The molecular formula is C16H25N3O3S. The van der Waals surface area contributed by atoms with Crippen LogP contribution in [0, 0.1) is 0 Å². The first-order valence-corrected chi connectivity index (χ1v) is 8.80. The Kier molecular flexibility index (Phi) is 6.93. The van der Waals surface area contributed by atoms with Crippen LogP contribution < -0.4 is 5.32 Å². The minimum atomic E-state index is -3.52. The summed E-state index contributed by atoms with van der Waals surface area (Å²) in [5.74, 6) is -0.187. The second-order valence-electron chi connectivity index (χ2n) is 5.62. The minimum absolute atomic E-state index is 0.148. The molecule has 0 unspecified atom stereocenters. The second-order valence-corrected chi connectivity index (χ2v) is 7.78. The number of amides is 1. The number of hydrogen-bond acceptors (Lipinski definition) is 4. The molecule has 0 aliphatic heterocycles. The number of sulfonamides is 1. The van der Waals surface area contributed by atoms with Crippen molar-refractivity contribution in [1.29, 1.82) is 0 Å². The predicted molar refractivity (Wildman–Crippen MR) is 92.9 cm³/mol. The standard InChI is InChI=1S/C16H25N3O3S/c1-6-19(11-13(2)3)12-16(20)17-14-8-7-9-15(10-14)23(21,22)18(4)5/h7-10H,2,6,11-12H2,1,3-5H3,(H,17,20). The van der Waals surface area contributed by atoms with E-state index in [9.17, 15) is 13.2 Å². The largest absolute Gasteiger partial charge is 0.325 e. The fourth-order valence-corrected chi connectivity index (χ4v) is 2.96. The molecule has 0 radical (unpaired) electrons. The number of anilines is 1. The van der Waals surface area contributed by atoms with Gasteiger partial charge in [0, 0.05) is 26.3 Å². The van der Waals surface area contributed by atoms with Gasteiger partial charge in [0.05, 0.1) is 11.4 Å². The van der Waals surface area contributed by atoms with E-state index in [4.69, 9.17) is 0 Å². The summed E-state index contributed by atoms with van der Waals surface area (Å²) in [6.45, 7) is 9.34. The third-order valence-corrected chi connectivity index (χ3v) is 5.02. The highest BCUT2D eigenvalue weighted by Gasteiger charge is 2.18. The monoisotopic (exact) mass is 339 g/mol. The average molecular weight is 339 g/mol. The molecule has 23 heavy (non-hydrogen) atoms. The lowest BCUT2D eigenvalue weighted by Crippen LogP contribution is -2.34. The molecule has 0 fully saturated rings. The van der Waals surface area contributed by atoms with Crippen LogP contribution in [-0.2, 0) is 14.8 Å². The van der Waals surface area contributed by atoms with Crippen molar-refractivity contribution < 1.29 is 13.2 Å². The molecular weight excluding hydrogens is 314 g/mol. The lowest BCUT2D eigenvalue weighted by atomic mass is 10.3. The van der Waals surface area contributed by atoms with Gasteiger partial charge in [-0.3, -0.25) is 9.69 Å². The van der Waals surface area contributed by atoms with E-state index < -0.39 is 10.0 Å². The fourth-order valence-electron chi connectivity index (χ4n) is 2.01. The Labute approximate surface area is 138 Å². The van der Waals surface area contributed by atoms with Gasteiger partial charge in [-0.15, -0.1) is 0 Å². The highest BCUT2D eigenvalue weighted by Crippen LogP contribution is 2.18. The third-order valence-electron chi connectivity index (χ3n) is 3.20. The van der Waals surface area contributed by atoms with Crippen molar-refractivity contribution in [2.24, 2.45) is 0 Å². The Hall–Kier alpha value is -1.70. The number of nitrogens with one attached hydrogen (secondary N) is 1. The molecule has 128 valence electrons. The van der Waals surface area contributed by atoms with Crippen LogP contribution in [0.2, 0.25) is 0 Å². The number of nitrogens with zero attached hydrogens (tertiary/aromatic N) is 2. The van der Waals surface area contributed by atoms with Gasteiger partial charge in [0.1, 0.15) is 0 Å². The Morgan fingerprint density at radius 2 is 1.91 bits per heavy atom. The van der Waals surface area contributed by atoms with Crippen LogP contribution in [0.4, 0.5) is 5.69 Å². The van der Waals surface area contributed by atoms with Crippen LogP contribution in [0.5, 0.6) is 0 Å². The van der Waals surface area contributed by atoms with E-state index in [0.717, 1.165) is 16.4 Å². The first-order chi connectivity index (χ1) is 10.7. The summed E-state index contributed by atoms with van der Waals surface area (Å²) in [5.41, 5.74) is 1.45. The molecule has 7 heteroatoms. The quantitative estimate of drug-likeness (QED) is 0.733. The topological polar surface area (TPSA) is 69.7 Å². The Balaban J connectivity index is 2.82. The number of carbonyl (C=O) groups excluding carboxylic acids is 1. The molecule has 0 aliphatic carbocycles. The Bertz CT molecular complexity index is 669. The van der Waals surface area contributed by atoms with E-state index in [1.807, 2.05) is 18.7 Å². The maximum Gasteiger partial charge on any atom is 0.242 e. The van der Waals surface area contributed by atoms with E-state index in [0.29, 0.717) is 12.2 Å². The first kappa shape index (κ1) is 19.3. The van der Waals surface area contributed by atoms with E-state index in [1.54, 1.807) is 12.1 Å². The number of benzene rings is 1. The van der Waals surface area contributed by atoms with E-state index in [1.165, 1.54) is 26.2 Å². The number of likely N-dealkylation sites (N-methyl/N-ethyl adjacent to an activating group) is 1. The number of rotatable bonds is 8. The van der Waals surface area contributed by atoms with Crippen molar-refractivity contribution >= 4 is 21.6 Å². The van der Waals surface area contributed by atoms with Crippen LogP contribution in [-0.4, -0.2) is 57.3 Å². The smallest absolute Gasteiger partial charge is 0.242 e. The molecule has 6 nitrogen and oxygen atoms in total. The molecule has 0 saturated heterocycles. The van der Waals surface area contributed by atoms with E-state index >= 15 is 0 Å². The maximum absolute atomic E-state index is 12.1. The van der Waals surface area contributed by atoms with Crippen LogP contribution in [0.25, 0.3) is 0 Å². The molecule has 0 spiro atoms. The highest BCUT2D eigenvalue weighted by atomic mass is 32.2. The van der Waals surface area contributed by atoms with Gasteiger partial charge in [-0.1, -0.05) is 25.1 Å². The van der Waals surface area contributed by atoms with Gasteiger partial charge in [-0.25, -0.2) is 12.7 Å². The minimum Gasteiger partial charge on any atom is -0.325 e. The van der Waals surface area contributed by atoms with Crippen molar-refractivity contribution in [2.45, 2.75) is 18.7 Å². The summed E-state index contributed by atoms with van der Waals surface area (Å²) in [4.78, 5) is 14.2. The average Bonchev–Trinajstić information content (AvgIpc) is 2.46. The normalized spacial score (nSPS) is 11.7. The van der Waals surface area contributed by atoms with Gasteiger partial charge in [0.15, 0.2) is 0 Å². The molecule has 1 rings (SSSR count). The summed E-state index contributed by atoms with van der Waals surface area (Å²) in [6, 6.07) is 6.24. The van der Waals surface area contributed by atoms with Crippen molar-refractivity contribution in [1.82, 2.24) is 9.21 Å². The molecule has 0 aromatic heterocycles. The van der Waals surface area contributed by atoms with Crippen LogP contribution >= 0.6 is 0 Å². The van der Waals surface area contributed by atoms with E-state index in [-0.39, 0.29) is 17.3 Å². The van der Waals surface area contributed by atoms with Gasteiger partial charge >= 0.3 is 0 Å². The van der Waals surface area contributed by atoms with Gasteiger partial charge < -0.3 is 5.32 Å². The van der Waals surface area contributed by atoms with Gasteiger partial charge in [-0.05, 0) is 31.7 Å². The van der Waals surface area contributed by atoms with Crippen LogP contribution in [0.15, 0.2) is 41.3 Å². The van der Waals surface area contributed by atoms with Crippen molar-refractivity contribution in [3.8, 4) is 0 Å². The predicted octanol–water partition coefficient (Wildman–Crippen LogP) is 1.77. The molecule has 0 saturated carbocycles. The zero-order chi connectivity index (χ0) is 17.6. The molecule has 0 atom stereocenters. The maximum atomic E-state index is 12.1. The van der Waals surface area contributed by atoms with Gasteiger partial charge in [0.25, 0.3) is 0 Å². The summed E-state index contributed by atoms with van der Waals surface area (Å²) in [6.07, 6.45) is 0. The molecule has 1 aromatic rings. The van der Waals surface area contributed by atoms with Crippen LogP contribution in [0.1, 0.15) is 13.8 Å². The molecule has 0 heterocycles. The van der Waals surface area contributed by atoms with Gasteiger partial charge in [0.2, 0.25) is 15.9 Å². The molecule has 0 aliphatic rings. The zero-order valence-electron chi connectivity index (χ0n) is 14.2. The second kappa shape index (κ2) is 8.24. The Morgan fingerprint density at radius 3 is 2.43 bits per heavy atom. The molecule has 1 aromatic carbocycles. The van der Waals surface area contributed by atoms with Crippen LogP contribution in [0.3, 0.4) is 0 Å². The molecule has 1 N–H and O–H groups in total. The zero-order valence-corrected chi connectivity index (χ0v) is 15.0. The van der Waals surface area contributed by atoms with Crippen molar-refractivity contribution in [3.63, 3.8) is 0 Å². The highest BCUT2D eigenvalue weighted by molar-refractivity contribution is 7.89. The number of hydrogen-bond donors (Lipinski definition) is 1. The summed E-state index contributed by atoms with van der Waals surface area (Å²) in [5, 5.41) is 2.74. The van der Waals surface area contributed by atoms with Crippen molar-refractivity contribution in [3.05, 3.63) is 36.4 Å². The van der Waals surface area contributed by atoms with Gasteiger partial charge in [-0.2, -0.15) is 0 Å². The molecule has 0 bridgehead atoms. The summed E-state index contributed by atoms with van der Waals surface area (Å²) in [7, 11) is -0.580. The summed E-state index contributed by atoms with van der Waals surface area (Å²) >= 11 is 0. The van der Waals surface area contributed by atoms with E-state index in [2.05, 4.69) is 11.9 Å². The lowest BCUT2D eigenvalue weighted by Gasteiger charge is -2.20. The fraction of sp³-hybridized carbons (Fsp3) is 0.438. The SMILES string of the molecule is C=C(C)CN(CC)CC(=O)Nc1cccc(S(=O)(=O)N(C)C)c1. The summed E-state index contributed by atoms with van der Waals surface area (Å²) < 4.78 is 25.4. The Morgan fingerprint density at radius 1 is 1.26 bits per heavy atom. The molecule has 1 amide bonds. The first-order valence-electron chi connectivity index (χ1n) is 7.36. The lowest BCUT2D eigenvalue weighted by molar-refractivity contribution is -0.117. The number of carbonyl (C=O) groups is 1.